The van der Waals surface area contributed by atoms with Crippen molar-refractivity contribution >= 4 is 15.9 Å². The van der Waals surface area contributed by atoms with Crippen LogP contribution in [0.1, 0.15) is 33.1 Å². The Kier molecular flexibility index (Phi) is 5.59. The number of nitrogens with zero attached hydrogens (tertiary/aromatic N) is 1. The molecule has 1 fully saturated rings. The van der Waals surface area contributed by atoms with Gasteiger partial charge >= 0.3 is 0 Å². The van der Waals surface area contributed by atoms with E-state index in [1.54, 1.807) is 0 Å². The summed E-state index contributed by atoms with van der Waals surface area (Å²) in [7, 11) is -3.10. The standard InChI is InChI=1S/C12H24N2O3S/c1-10(2)4-7-13-12(15)11-5-8-14(9-6-11)18(3,16)17/h10-11H,4-9H2,1-3H3,(H,13,15). The van der Waals surface area contributed by atoms with Gasteiger partial charge in [0.1, 0.15) is 0 Å². The van der Waals surface area contributed by atoms with Gasteiger partial charge in [-0.05, 0) is 25.2 Å². The van der Waals surface area contributed by atoms with E-state index in [9.17, 15) is 13.2 Å². The van der Waals surface area contributed by atoms with E-state index >= 15 is 0 Å². The monoisotopic (exact) mass is 276 g/mol. The molecule has 0 aromatic carbocycles. The molecule has 0 aromatic rings. The van der Waals surface area contributed by atoms with Crippen LogP contribution in [0.15, 0.2) is 0 Å². The first-order valence-electron chi connectivity index (χ1n) is 6.53. The molecular weight excluding hydrogens is 252 g/mol. The third kappa shape index (κ3) is 4.94. The maximum atomic E-state index is 11.9. The Hall–Kier alpha value is -0.620. The van der Waals surface area contributed by atoms with Crippen LogP contribution in [-0.4, -0.2) is 44.5 Å². The summed E-state index contributed by atoms with van der Waals surface area (Å²) in [5, 5.41) is 2.93. The zero-order chi connectivity index (χ0) is 13.8. The van der Waals surface area contributed by atoms with Gasteiger partial charge in [-0.2, -0.15) is 0 Å². The Bertz CT molecular complexity index is 371. The molecule has 1 rings (SSSR count). The number of hydrogen-bond donors (Lipinski definition) is 1. The summed E-state index contributed by atoms with van der Waals surface area (Å²) in [5.74, 6) is 0.622. The molecule has 1 aliphatic rings. The summed E-state index contributed by atoms with van der Waals surface area (Å²) < 4.78 is 24.1. The molecule has 18 heavy (non-hydrogen) atoms. The Labute approximate surface area is 110 Å². The topological polar surface area (TPSA) is 66.5 Å². The lowest BCUT2D eigenvalue weighted by Crippen LogP contribution is -2.42. The van der Waals surface area contributed by atoms with Crippen LogP contribution in [0.3, 0.4) is 0 Å². The molecule has 0 aliphatic carbocycles. The average molecular weight is 276 g/mol. The molecule has 0 saturated carbocycles. The fourth-order valence-corrected chi connectivity index (χ4v) is 2.95. The number of amides is 1. The molecule has 0 aromatic heterocycles. The average Bonchev–Trinajstić information content (AvgIpc) is 2.27. The minimum absolute atomic E-state index is 0.0323. The zero-order valence-corrected chi connectivity index (χ0v) is 12.3. The molecule has 1 aliphatic heterocycles. The van der Waals surface area contributed by atoms with Crippen LogP contribution in [0.2, 0.25) is 0 Å². The van der Waals surface area contributed by atoms with E-state index < -0.39 is 10.0 Å². The number of sulfonamides is 1. The molecule has 0 radical (unpaired) electrons. The van der Waals surface area contributed by atoms with Gasteiger partial charge in [0.15, 0.2) is 0 Å². The molecule has 5 nitrogen and oxygen atoms in total. The van der Waals surface area contributed by atoms with Crippen LogP contribution < -0.4 is 5.32 Å². The van der Waals surface area contributed by atoms with Crippen molar-refractivity contribution in [1.29, 1.82) is 0 Å². The zero-order valence-electron chi connectivity index (χ0n) is 11.5. The van der Waals surface area contributed by atoms with Crippen molar-refractivity contribution in [2.24, 2.45) is 11.8 Å². The first kappa shape index (κ1) is 15.4. The summed E-state index contributed by atoms with van der Waals surface area (Å²) in [6.07, 6.45) is 3.45. The van der Waals surface area contributed by atoms with E-state index in [-0.39, 0.29) is 11.8 Å². The molecule has 6 heteroatoms. The van der Waals surface area contributed by atoms with Crippen LogP contribution in [0.5, 0.6) is 0 Å². The molecule has 0 bridgehead atoms. The Balaban J connectivity index is 2.32. The second-order valence-corrected chi connectivity index (χ2v) is 7.39. The van der Waals surface area contributed by atoms with Crippen LogP contribution in [0.4, 0.5) is 0 Å². The molecule has 1 N–H and O–H groups in total. The van der Waals surface area contributed by atoms with Gasteiger partial charge in [0, 0.05) is 25.6 Å². The first-order chi connectivity index (χ1) is 8.30. The predicted octanol–water partition coefficient (Wildman–Crippen LogP) is 0.820. The number of carbonyl (C=O) groups excluding carboxylic acids is 1. The lowest BCUT2D eigenvalue weighted by Gasteiger charge is -2.29. The highest BCUT2D eigenvalue weighted by Crippen LogP contribution is 2.19. The second kappa shape index (κ2) is 6.52. The van der Waals surface area contributed by atoms with Crippen molar-refractivity contribution in [3.05, 3.63) is 0 Å². The summed E-state index contributed by atoms with van der Waals surface area (Å²) in [6, 6.07) is 0. The largest absolute Gasteiger partial charge is 0.356 e. The van der Waals surface area contributed by atoms with E-state index in [1.807, 2.05) is 0 Å². The highest BCUT2D eigenvalue weighted by Gasteiger charge is 2.28. The summed E-state index contributed by atoms with van der Waals surface area (Å²) in [6.45, 7) is 5.87. The molecular formula is C12H24N2O3S. The van der Waals surface area contributed by atoms with Gasteiger partial charge in [0.25, 0.3) is 0 Å². The second-order valence-electron chi connectivity index (χ2n) is 5.41. The highest BCUT2D eigenvalue weighted by atomic mass is 32.2. The fourth-order valence-electron chi connectivity index (χ4n) is 2.08. The van der Waals surface area contributed by atoms with E-state index in [0.29, 0.717) is 38.4 Å². The van der Waals surface area contributed by atoms with Crippen molar-refractivity contribution in [2.75, 3.05) is 25.9 Å². The van der Waals surface area contributed by atoms with Crippen molar-refractivity contribution in [3.8, 4) is 0 Å². The van der Waals surface area contributed by atoms with E-state index in [4.69, 9.17) is 0 Å². The lowest BCUT2D eigenvalue weighted by molar-refractivity contribution is -0.126. The molecule has 1 heterocycles. The summed E-state index contributed by atoms with van der Waals surface area (Å²) in [4.78, 5) is 11.9. The molecule has 0 unspecified atom stereocenters. The summed E-state index contributed by atoms with van der Waals surface area (Å²) in [5.41, 5.74) is 0. The molecule has 1 amide bonds. The van der Waals surface area contributed by atoms with Gasteiger partial charge in [-0.25, -0.2) is 12.7 Å². The Morgan fingerprint density at radius 2 is 1.89 bits per heavy atom. The fraction of sp³-hybridized carbons (Fsp3) is 0.917. The van der Waals surface area contributed by atoms with Crippen LogP contribution in [-0.2, 0) is 14.8 Å². The van der Waals surface area contributed by atoms with E-state index in [0.717, 1.165) is 6.42 Å². The minimum atomic E-state index is -3.10. The van der Waals surface area contributed by atoms with E-state index in [2.05, 4.69) is 19.2 Å². The SMILES string of the molecule is CC(C)CCNC(=O)C1CCN(S(C)(=O)=O)CC1. The van der Waals surface area contributed by atoms with Crippen LogP contribution in [0, 0.1) is 11.8 Å². The number of carbonyl (C=O) groups is 1. The van der Waals surface area contributed by atoms with Crippen LogP contribution >= 0.6 is 0 Å². The van der Waals surface area contributed by atoms with Gasteiger partial charge in [-0.1, -0.05) is 13.8 Å². The summed E-state index contributed by atoms with van der Waals surface area (Å²) >= 11 is 0. The van der Waals surface area contributed by atoms with Gasteiger partial charge in [-0.3, -0.25) is 4.79 Å². The van der Waals surface area contributed by atoms with Crippen molar-refractivity contribution in [1.82, 2.24) is 9.62 Å². The first-order valence-corrected chi connectivity index (χ1v) is 8.38. The quantitative estimate of drug-likeness (QED) is 0.808. The smallest absolute Gasteiger partial charge is 0.223 e. The maximum Gasteiger partial charge on any atom is 0.223 e. The van der Waals surface area contributed by atoms with Gasteiger partial charge in [0.2, 0.25) is 15.9 Å². The number of piperidine rings is 1. The number of hydrogen-bond acceptors (Lipinski definition) is 3. The van der Waals surface area contributed by atoms with Crippen molar-refractivity contribution in [2.45, 2.75) is 33.1 Å². The van der Waals surface area contributed by atoms with Gasteiger partial charge in [0.05, 0.1) is 6.26 Å². The van der Waals surface area contributed by atoms with Crippen molar-refractivity contribution in [3.63, 3.8) is 0 Å². The molecule has 1 saturated heterocycles. The molecule has 0 spiro atoms. The lowest BCUT2D eigenvalue weighted by atomic mass is 9.97. The number of rotatable bonds is 5. The van der Waals surface area contributed by atoms with Crippen LogP contribution in [0.25, 0.3) is 0 Å². The normalized spacial score (nSPS) is 19.1. The number of nitrogens with one attached hydrogen (secondary N) is 1. The molecule has 0 atom stereocenters. The maximum absolute atomic E-state index is 11.9. The molecule has 106 valence electrons. The Morgan fingerprint density at radius 1 is 1.33 bits per heavy atom. The predicted molar refractivity (Wildman–Crippen MR) is 71.6 cm³/mol. The van der Waals surface area contributed by atoms with Gasteiger partial charge < -0.3 is 5.32 Å². The van der Waals surface area contributed by atoms with Crippen molar-refractivity contribution < 1.29 is 13.2 Å². The minimum Gasteiger partial charge on any atom is -0.356 e. The van der Waals surface area contributed by atoms with Gasteiger partial charge in [-0.15, -0.1) is 0 Å². The third-order valence-corrected chi connectivity index (χ3v) is 4.62. The van der Waals surface area contributed by atoms with E-state index in [1.165, 1.54) is 10.6 Å². The third-order valence-electron chi connectivity index (χ3n) is 3.31. The highest BCUT2D eigenvalue weighted by molar-refractivity contribution is 7.88. The Morgan fingerprint density at radius 3 is 2.33 bits per heavy atom.